The maximum absolute atomic E-state index is 13.7. The molecule has 4 N–H and O–H groups in total. The molecule has 190 valence electrons. The Labute approximate surface area is 218 Å². The first kappa shape index (κ1) is 22.7. The normalized spacial score (nSPS) is 20.7. The van der Waals surface area contributed by atoms with Crippen LogP contribution in [0.4, 0.5) is 5.69 Å². The quantitative estimate of drug-likeness (QED) is 0.269. The van der Waals surface area contributed by atoms with Gasteiger partial charge in [-0.1, -0.05) is 36.4 Å². The predicted molar refractivity (Wildman–Crippen MR) is 149 cm³/mol. The molecule has 8 heteroatoms. The third kappa shape index (κ3) is 3.85. The number of hydrogen-bond acceptors (Lipinski definition) is 5. The molecule has 0 amide bonds. The zero-order valence-corrected chi connectivity index (χ0v) is 20.7. The van der Waals surface area contributed by atoms with Crippen LogP contribution in [0.15, 0.2) is 71.5 Å². The van der Waals surface area contributed by atoms with E-state index < -0.39 is 5.97 Å². The molecule has 2 bridgehead atoms. The van der Waals surface area contributed by atoms with Crippen molar-refractivity contribution in [3.05, 3.63) is 82.6 Å². The molecular weight excluding hydrogens is 478 g/mol. The molecule has 0 spiro atoms. The molecule has 0 radical (unpaired) electrons. The van der Waals surface area contributed by atoms with E-state index in [1.165, 1.54) is 0 Å². The lowest BCUT2D eigenvalue weighted by Gasteiger charge is -2.45. The van der Waals surface area contributed by atoms with Gasteiger partial charge in [-0.05, 0) is 73.3 Å². The van der Waals surface area contributed by atoms with E-state index in [1.807, 2.05) is 42.5 Å². The van der Waals surface area contributed by atoms with Crippen LogP contribution in [-0.2, 0) is 0 Å². The smallest absolute Gasteiger partial charge is 0.335 e. The fourth-order valence-corrected chi connectivity index (χ4v) is 6.04. The van der Waals surface area contributed by atoms with Crippen molar-refractivity contribution in [2.75, 3.05) is 25.0 Å². The molecule has 3 aliphatic heterocycles. The van der Waals surface area contributed by atoms with Crippen LogP contribution in [0.5, 0.6) is 0 Å². The van der Waals surface area contributed by atoms with Gasteiger partial charge in [-0.2, -0.15) is 0 Å². The molecule has 3 fully saturated rings. The average molecular weight is 506 g/mol. The van der Waals surface area contributed by atoms with Crippen LogP contribution >= 0.6 is 0 Å². The fraction of sp³-hybridized carbons (Fsp3) is 0.233. The van der Waals surface area contributed by atoms with Crippen molar-refractivity contribution in [3.8, 4) is 22.5 Å². The predicted octanol–water partition coefficient (Wildman–Crippen LogP) is 4.94. The largest absolute Gasteiger partial charge is 0.478 e. The van der Waals surface area contributed by atoms with Crippen LogP contribution in [0.25, 0.3) is 44.5 Å². The first-order valence-electron chi connectivity index (χ1n) is 13.0. The third-order valence-corrected chi connectivity index (χ3v) is 8.09. The number of carboxylic acids is 1. The summed E-state index contributed by atoms with van der Waals surface area (Å²) in [4.78, 5) is 38.6. The summed E-state index contributed by atoms with van der Waals surface area (Å²) in [5.41, 5.74) is 5.55. The summed E-state index contributed by atoms with van der Waals surface area (Å²) in [6.45, 7) is 3.24. The number of rotatable bonds is 5. The second-order valence-electron chi connectivity index (χ2n) is 10.3. The van der Waals surface area contributed by atoms with E-state index >= 15 is 0 Å². The number of nitrogens with zero attached hydrogens (tertiary/aromatic N) is 2. The van der Waals surface area contributed by atoms with Gasteiger partial charge < -0.3 is 25.3 Å². The topological polar surface area (TPSA) is 114 Å². The van der Waals surface area contributed by atoms with Gasteiger partial charge in [0, 0.05) is 18.0 Å². The summed E-state index contributed by atoms with van der Waals surface area (Å²) in [6, 6.07) is 20.8. The number of para-hydroxylation sites is 2. The zero-order chi connectivity index (χ0) is 25.8. The molecule has 0 aliphatic carbocycles. The second-order valence-corrected chi connectivity index (χ2v) is 10.3. The number of carboxylic acid groups (broad SMARTS) is 1. The van der Waals surface area contributed by atoms with E-state index in [2.05, 4.69) is 20.2 Å². The molecule has 3 aliphatic rings. The first-order chi connectivity index (χ1) is 18.5. The number of aromatic amines is 2. The summed E-state index contributed by atoms with van der Waals surface area (Å²) in [7, 11) is 0. The average Bonchev–Trinajstić information content (AvgIpc) is 3.37. The van der Waals surface area contributed by atoms with Gasteiger partial charge in [0.2, 0.25) is 0 Å². The van der Waals surface area contributed by atoms with Crippen LogP contribution in [-0.4, -0.2) is 56.6 Å². The highest BCUT2D eigenvalue weighted by molar-refractivity contribution is 6.01. The number of benzene rings is 3. The van der Waals surface area contributed by atoms with Gasteiger partial charge in [-0.15, -0.1) is 0 Å². The van der Waals surface area contributed by atoms with Crippen LogP contribution in [0.3, 0.4) is 0 Å². The molecule has 0 unspecified atom stereocenters. The van der Waals surface area contributed by atoms with Gasteiger partial charge in [0.25, 0.3) is 5.56 Å². The molecule has 3 saturated heterocycles. The summed E-state index contributed by atoms with van der Waals surface area (Å²) in [5, 5.41) is 14.0. The van der Waals surface area contributed by atoms with E-state index in [9.17, 15) is 14.7 Å². The lowest BCUT2D eigenvalue weighted by Crippen LogP contribution is -2.53. The monoisotopic (exact) mass is 505 g/mol. The number of aromatic carboxylic acids is 1. The van der Waals surface area contributed by atoms with Crippen LogP contribution in [0.2, 0.25) is 0 Å². The van der Waals surface area contributed by atoms with Crippen LogP contribution < -0.4 is 10.9 Å². The molecular formula is C30H27N5O3. The van der Waals surface area contributed by atoms with Gasteiger partial charge in [0.1, 0.15) is 11.4 Å². The number of pyridine rings is 1. The number of carbonyl (C=O) groups is 1. The standard InChI is InChI=1S/C30H27N5O3/c36-29-26(28-32-22-3-1-2-4-23(22)33-28)27(31-25-16-35-13-11-18(25)12-14-35)21-10-9-20(15-24(21)34-29)17-5-7-19(8-6-17)30(37)38/h1-10,15,18,25H,11-14,16H2,(H,32,33)(H,37,38)(H2,31,34,36)/t25-/m1/s1. The molecule has 5 aromatic rings. The summed E-state index contributed by atoms with van der Waals surface area (Å²) >= 11 is 0. The molecule has 3 aromatic carbocycles. The molecule has 5 heterocycles. The Morgan fingerprint density at radius 2 is 1.71 bits per heavy atom. The van der Waals surface area contributed by atoms with E-state index in [0.29, 0.717) is 17.3 Å². The first-order valence-corrected chi connectivity index (χ1v) is 13.0. The summed E-state index contributed by atoms with van der Waals surface area (Å²) in [6.07, 6.45) is 2.32. The third-order valence-electron chi connectivity index (χ3n) is 8.09. The van der Waals surface area contributed by atoms with E-state index in [4.69, 9.17) is 4.98 Å². The number of piperidine rings is 3. The zero-order valence-electron chi connectivity index (χ0n) is 20.7. The number of fused-ring (bicyclic) bond motifs is 5. The van der Waals surface area contributed by atoms with E-state index in [1.54, 1.807) is 24.3 Å². The van der Waals surface area contributed by atoms with Gasteiger partial charge in [0.15, 0.2) is 0 Å². The molecule has 38 heavy (non-hydrogen) atoms. The Morgan fingerprint density at radius 1 is 0.947 bits per heavy atom. The highest BCUT2D eigenvalue weighted by atomic mass is 16.4. The minimum atomic E-state index is -0.957. The number of imidazole rings is 1. The van der Waals surface area contributed by atoms with Crippen molar-refractivity contribution in [2.45, 2.75) is 18.9 Å². The van der Waals surface area contributed by atoms with E-state index in [-0.39, 0.29) is 17.2 Å². The van der Waals surface area contributed by atoms with Gasteiger partial charge >= 0.3 is 5.97 Å². The summed E-state index contributed by atoms with van der Waals surface area (Å²) in [5.74, 6) is 0.164. The van der Waals surface area contributed by atoms with Crippen molar-refractivity contribution < 1.29 is 9.90 Å². The highest BCUT2D eigenvalue weighted by Gasteiger charge is 2.35. The molecule has 8 rings (SSSR count). The Kier molecular flexibility index (Phi) is 5.30. The Balaban J connectivity index is 1.38. The molecule has 8 nitrogen and oxygen atoms in total. The van der Waals surface area contributed by atoms with Crippen molar-refractivity contribution in [1.82, 2.24) is 19.9 Å². The molecule has 1 atom stereocenters. The van der Waals surface area contributed by atoms with Crippen molar-refractivity contribution >= 4 is 33.6 Å². The SMILES string of the molecule is O=C(O)c1ccc(-c2ccc3c(N[C@@H]4CN5CCC4CC5)c(-c4nc5ccccc5[nH]4)c(=O)[nH]c3c2)cc1. The van der Waals surface area contributed by atoms with Gasteiger partial charge in [0.05, 0.1) is 27.8 Å². The van der Waals surface area contributed by atoms with Crippen LogP contribution in [0.1, 0.15) is 23.2 Å². The number of H-pyrrole nitrogens is 2. The fourth-order valence-electron chi connectivity index (χ4n) is 6.04. The molecule has 0 saturated carbocycles. The number of aromatic nitrogens is 3. The van der Waals surface area contributed by atoms with Crippen LogP contribution in [0, 0.1) is 5.92 Å². The van der Waals surface area contributed by atoms with E-state index in [0.717, 1.165) is 71.2 Å². The molecule has 2 aromatic heterocycles. The van der Waals surface area contributed by atoms with Crippen molar-refractivity contribution in [2.24, 2.45) is 5.92 Å². The van der Waals surface area contributed by atoms with Crippen molar-refractivity contribution in [1.29, 1.82) is 0 Å². The lowest BCUT2D eigenvalue weighted by atomic mass is 9.83. The maximum Gasteiger partial charge on any atom is 0.335 e. The Hall–Kier alpha value is -4.43. The lowest BCUT2D eigenvalue weighted by molar-refractivity contribution is 0.0697. The summed E-state index contributed by atoms with van der Waals surface area (Å²) < 4.78 is 0. The number of nitrogens with one attached hydrogen (secondary N) is 3. The van der Waals surface area contributed by atoms with Gasteiger partial charge in [-0.3, -0.25) is 4.79 Å². The maximum atomic E-state index is 13.7. The second kappa shape index (κ2) is 8.85. The number of hydrogen-bond donors (Lipinski definition) is 4. The van der Waals surface area contributed by atoms with Crippen molar-refractivity contribution in [3.63, 3.8) is 0 Å². The van der Waals surface area contributed by atoms with Gasteiger partial charge in [-0.25, -0.2) is 9.78 Å². The number of anilines is 1. The highest BCUT2D eigenvalue weighted by Crippen LogP contribution is 2.36. The minimum Gasteiger partial charge on any atom is -0.478 e. The minimum absolute atomic E-state index is 0.210. The Bertz CT molecular complexity index is 1710. The Morgan fingerprint density at radius 3 is 2.42 bits per heavy atom.